The lowest BCUT2D eigenvalue weighted by Crippen LogP contribution is -2.39. The van der Waals surface area contributed by atoms with Gasteiger partial charge in [0.25, 0.3) is 0 Å². The average molecular weight is 275 g/mol. The standard InChI is InChI=1S/C18H29NO/c1-14-7-5-8-15(11-14)16(13-19-18(2,3)4)12-17-9-6-10-20-17/h5,7-8,11,16-17,19H,6,9-10,12-13H2,1-4H3. The van der Waals surface area contributed by atoms with E-state index < -0.39 is 0 Å². The molecule has 1 aromatic rings. The predicted molar refractivity (Wildman–Crippen MR) is 85.3 cm³/mol. The Kier molecular flexibility index (Phi) is 5.22. The van der Waals surface area contributed by atoms with E-state index in [0.29, 0.717) is 12.0 Å². The summed E-state index contributed by atoms with van der Waals surface area (Å²) in [5, 5.41) is 3.66. The molecular formula is C18H29NO. The van der Waals surface area contributed by atoms with Gasteiger partial charge in [0, 0.05) is 18.7 Å². The summed E-state index contributed by atoms with van der Waals surface area (Å²) in [6.45, 7) is 10.8. The highest BCUT2D eigenvalue weighted by molar-refractivity contribution is 5.26. The molecule has 1 aromatic carbocycles. The van der Waals surface area contributed by atoms with Crippen molar-refractivity contribution in [2.75, 3.05) is 13.2 Å². The molecule has 1 N–H and O–H groups in total. The molecule has 0 aliphatic carbocycles. The first-order valence-electron chi connectivity index (χ1n) is 7.87. The summed E-state index contributed by atoms with van der Waals surface area (Å²) in [6.07, 6.45) is 4.02. The Labute approximate surface area is 123 Å². The summed E-state index contributed by atoms with van der Waals surface area (Å²) >= 11 is 0. The highest BCUT2D eigenvalue weighted by atomic mass is 16.5. The molecule has 20 heavy (non-hydrogen) atoms. The lowest BCUT2D eigenvalue weighted by molar-refractivity contribution is 0.0970. The molecule has 0 amide bonds. The van der Waals surface area contributed by atoms with E-state index in [2.05, 4.69) is 57.3 Å². The Bertz CT molecular complexity index is 416. The van der Waals surface area contributed by atoms with Crippen LogP contribution in [0.2, 0.25) is 0 Å². The van der Waals surface area contributed by atoms with Crippen molar-refractivity contribution in [2.45, 2.75) is 64.5 Å². The van der Waals surface area contributed by atoms with E-state index in [1.54, 1.807) is 0 Å². The van der Waals surface area contributed by atoms with Crippen molar-refractivity contribution in [3.05, 3.63) is 35.4 Å². The maximum absolute atomic E-state index is 5.84. The molecule has 1 aliphatic heterocycles. The predicted octanol–water partition coefficient (Wildman–Crippen LogP) is 4.04. The average Bonchev–Trinajstić information content (AvgIpc) is 2.86. The minimum Gasteiger partial charge on any atom is -0.378 e. The summed E-state index contributed by atoms with van der Waals surface area (Å²) < 4.78 is 5.84. The van der Waals surface area contributed by atoms with Gasteiger partial charge in [0.2, 0.25) is 0 Å². The van der Waals surface area contributed by atoms with E-state index in [9.17, 15) is 0 Å². The number of aryl methyl sites for hydroxylation is 1. The summed E-state index contributed by atoms with van der Waals surface area (Å²) in [4.78, 5) is 0. The minimum absolute atomic E-state index is 0.165. The molecule has 0 aromatic heterocycles. The van der Waals surface area contributed by atoms with Crippen LogP contribution in [0.25, 0.3) is 0 Å². The molecule has 1 heterocycles. The van der Waals surface area contributed by atoms with Crippen molar-refractivity contribution in [1.29, 1.82) is 0 Å². The second-order valence-corrected chi connectivity index (χ2v) is 7.11. The number of ether oxygens (including phenoxy) is 1. The van der Waals surface area contributed by atoms with Crippen LogP contribution in [0.3, 0.4) is 0 Å². The molecule has 2 heteroatoms. The molecule has 2 rings (SSSR count). The maximum atomic E-state index is 5.84. The lowest BCUT2D eigenvalue weighted by Gasteiger charge is -2.27. The van der Waals surface area contributed by atoms with Crippen molar-refractivity contribution >= 4 is 0 Å². The van der Waals surface area contributed by atoms with Crippen molar-refractivity contribution in [3.8, 4) is 0 Å². The zero-order chi connectivity index (χ0) is 14.6. The number of benzene rings is 1. The van der Waals surface area contributed by atoms with Gasteiger partial charge in [-0.1, -0.05) is 29.8 Å². The van der Waals surface area contributed by atoms with E-state index in [0.717, 1.165) is 19.6 Å². The second kappa shape index (κ2) is 6.73. The first-order valence-corrected chi connectivity index (χ1v) is 7.87. The molecule has 2 atom stereocenters. The van der Waals surface area contributed by atoms with Crippen LogP contribution in [0.1, 0.15) is 57.1 Å². The van der Waals surface area contributed by atoms with Crippen molar-refractivity contribution in [2.24, 2.45) is 0 Å². The number of rotatable bonds is 5. The van der Waals surface area contributed by atoms with Crippen LogP contribution < -0.4 is 5.32 Å². The van der Waals surface area contributed by atoms with Gasteiger partial charge in [0.1, 0.15) is 0 Å². The third-order valence-electron chi connectivity index (χ3n) is 3.96. The van der Waals surface area contributed by atoms with Crippen molar-refractivity contribution in [3.63, 3.8) is 0 Å². The van der Waals surface area contributed by atoms with Crippen molar-refractivity contribution in [1.82, 2.24) is 5.32 Å². The number of nitrogens with one attached hydrogen (secondary N) is 1. The molecule has 0 spiro atoms. The fourth-order valence-electron chi connectivity index (χ4n) is 2.84. The van der Waals surface area contributed by atoms with Crippen LogP contribution in [0.4, 0.5) is 0 Å². The molecule has 1 saturated heterocycles. The Morgan fingerprint density at radius 1 is 1.35 bits per heavy atom. The third kappa shape index (κ3) is 4.92. The normalized spacial score (nSPS) is 21.1. The first kappa shape index (κ1) is 15.5. The summed E-state index contributed by atoms with van der Waals surface area (Å²) in [5.74, 6) is 0.539. The van der Waals surface area contributed by atoms with Gasteiger partial charge in [-0.05, 0) is 58.4 Å². The van der Waals surface area contributed by atoms with E-state index in [4.69, 9.17) is 4.74 Å². The van der Waals surface area contributed by atoms with Crippen molar-refractivity contribution < 1.29 is 4.74 Å². The summed E-state index contributed by atoms with van der Waals surface area (Å²) in [5.41, 5.74) is 2.95. The zero-order valence-electron chi connectivity index (χ0n) is 13.4. The topological polar surface area (TPSA) is 21.3 Å². The van der Waals surface area contributed by atoms with Gasteiger partial charge in [-0.2, -0.15) is 0 Å². The SMILES string of the molecule is Cc1cccc(C(CNC(C)(C)C)CC2CCCO2)c1. The molecule has 0 radical (unpaired) electrons. The summed E-state index contributed by atoms with van der Waals surface area (Å²) in [6, 6.07) is 8.93. The molecule has 0 saturated carbocycles. The van der Waals surface area contributed by atoms with Crippen LogP contribution in [0.15, 0.2) is 24.3 Å². The monoisotopic (exact) mass is 275 g/mol. The third-order valence-corrected chi connectivity index (χ3v) is 3.96. The fraction of sp³-hybridized carbons (Fsp3) is 0.667. The highest BCUT2D eigenvalue weighted by Gasteiger charge is 2.23. The van der Waals surface area contributed by atoms with Crippen LogP contribution in [0.5, 0.6) is 0 Å². The lowest BCUT2D eigenvalue weighted by atomic mass is 9.90. The quantitative estimate of drug-likeness (QED) is 0.876. The van der Waals surface area contributed by atoms with Gasteiger partial charge in [-0.15, -0.1) is 0 Å². The Morgan fingerprint density at radius 2 is 2.15 bits per heavy atom. The van der Waals surface area contributed by atoms with E-state index >= 15 is 0 Å². The van der Waals surface area contributed by atoms with Gasteiger partial charge in [0.05, 0.1) is 6.10 Å². The van der Waals surface area contributed by atoms with Crippen LogP contribution in [-0.4, -0.2) is 24.8 Å². The Morgan fingerprint density at radius 3 is 2.75 bits per heavy atom. The van der Waals surface area contributed by atoms with Gasteiger partial charge in [-0.3, -0.25) is 0 Å². The Balaban J connectivity index is 2.06. The van der Waals surface area contributed by atoms with E-state index in [-0.39, 0.29) is 5.54 Å². The minimum atomic E-state index is 0.165. The zero-order valence-corrected chi connectivity index (χ0v) is 13.4. The molecular weight excluding hydrogens is 246 g/mol. The van der Waals surface area contributed by atoms with E-state index in [1.807, 2.05) is 0 Å². The number of hydrogen-bond donors (Lipinski definition) is 1. The second-order valence-electron chi connectivity index (χ2n) is 7.11. The van der Waals surface area contributed by atoms with Gasteiger partial charge < -0.3 is 10.1 Å². The molecule has 1 fully saturated rings. The Hall–Kier alpha value is -0.860. The highest BCUT2D eigenvalue weighted by Crippen LogP contribution is 2.27. The molecule has 0 bridgehead atoms. The fourth-order valence-corrected chi connectivity index (χ4v) is 2.84. The number of hydrogen-bond acceptors (Lipinski definition) is 2. The first-order chi connectivity index (χ1) is 9.44. The molecule has 2 nitrogen and oxygen atoms in total. The smallest absolute Gasteiger partial charge is 0.0582 e. The molecule has 1 aliphatic rings. The van der Waals surface area contributed by atoms with E-state index in [1.165, 1.54) is 24.0 Å². The van der Waals surface area contributed by atoms with Gasteiger partial charge in [0.15, 0.2) is 0 Å². The molecule has 2 unspecified atom stereocenters. The van der Waals surface area contributed by atoms with Gasteiger partial charge in [-0.25, -0.2) is 0 Å². The van der Waals surface area contributed by atoms with Gasteiger partial charge >= 0.3 is 0 Å². The largest absolute Gasteiger partial charge is 0.378 e. The van der Waals surface area contributed by atoms with Crippen LogP contribution in [-0.2, 0) is 4.74 Å². The summed E-state index contributed by atoms with van der Waals surface area (Å²) in [7, 11) is 0. The van der Waals surface area contributed by atoms with Crippen LogP contribution in [0, 0.1) is 6.92 Å². The molecule has 112 valence electrons. The van der Waals surface area contributed by atoms with Crippen LogP contribution >= 0.6 is 0 Å². The maximum Gasteiger partial charge on any atom is 0.0582 e.